The number of thiophene rings is 1. The molecule has 0 spiro atoms. The first-order valence-electron chi connectivity index (χ1n) is 7.74. The number of fused-ring (bicyclic) bond motifs is 1. The summed E-state index contributed by atoms with van der Waals surface area (Å²) < 4.78 is 7.05. The number of carbonyl (C=O) groups excluding carboxylic acids is 2. The van der Waals surface area contributed by atoms with Crippen LogP contribution < -0.4 is 4.80 Å². The standard InChI is InChI=1S/C17H12ClN3O5S2/c1-26-16(23)9-20-12-5-2-10(18)8-13(12)28-17(20)19-14(22)6-3-11-4-7-15(27-11)21(24)25/h2-8H,9H2,1H3. The van der Waals surface area contributed by atoms with Crippen LogP contribution in [0, 0.1) is 10.1 Å². The van der Waals surface area contributed by atoms with E-state index in [1.165, 1.54) is 36.7 Å². The van der Waals surface area contributed by atoms with Gasteiger partial charge in [-0.2, -0.15) is 4.99 Å². The predicted octanol–water partition coefficient (Wildman–Crippen LogP) is 3.64. The highest BCUT2D eigenvalue weighted by Crippen LogP contribution is 2.25. The Morgan fingerprint density at radius 2 is 2.11 bits per heavy atom. The van der Waals surface area contributed by atoms with E-state index in [-0.39, 0.29) is 11.5 Å². The first kappa shape index (κ1) is 19.9. The summed E-state index contributed by atoms with van der Waals surface area (Å²) in [6.07, 6.45) is 2.67. The number of hydrogen-bond acceptors (Lipinski definition) is 7. The fourth-order valence-electron chi connectivity index (χ4n) is 2.29. The molecular weight excluding hydrogens is 426 g/mol. The lowest BCUT2D eigenvalue weighted by Gasteiger charge is -2.03. The fourth-order valence-corrected chi connectivity index (χ4v) is 4.33. The molecule has 0 saturated carbocycles. The molecule has 0 bridgehead atoms. The van der Waals surface area contributed by atoms with Crippen LogP contribution in [0.5, 0.6) is 0 Å². The molecule has 0 unspecified atom stereocenters. The summed E-state index contributed by atoms with van der Waals surface area (Å²) in [6, 6.07) is 8.05. The van der Waals surface area contributed by atoms with E-state index in [9.17, 15) is 19.7 Å². The summed E-state index contributed by atoms with van der Waals surface area (Å²) in [5.74, 6) is -1.04. The van der Waals surface area contributed by atoms with E-state index in [0.29, 0.717) is 20.2 Å². The molecule has 3 aromatic rings. The van der Waals surface area contributed by atoms with Crippen LogP contribution in [0.1, 0.15) is 4.88 Å². The molecule has 1 aromatic carbocycles. The van der Waals surface area contributed by atoms with E-state index in [4.69, 9.17) is 16.3 Å². The minimum Gasteiger partial charge on any atom is -0.468 e. The number of ether oxygens (including phenoxy) is 1. The van der Waals surface area contributed by atoms with Crippen molar-refractivity contribution in [3.05, 3.63) is 61.2 Å². The molecule has 1 amide bonds. The third kappa shape index (κ3) is 4.53. The summed E-state index contributed by atoms with van der Waals surface area (Å²) in [4.78, 5) is 39.1. The molecule has 0 aliphatic carbocycles. The summed E-state index contributed by atoms with van der Waals surface area (Å²) in [7, 11) is 1.28. The molecule has 0 N–H and O–H groups in total. The van der Waals surface area contributed by atoms with Gasteiger partial charge in [0.25, 0.3) is 5.91 Å². The number of methoxy groups -OCH3 is 1. The Balaban J connectivity index is 1.95. The van der Waals surface area contributed by atoms with Gasteiger partial charge in [0.2, 0.25) is 0 Å². The van der Waals surface area contributed by atoms with Gasteiger partial charge in [0.05, 0.1) is 22.2 Å². The van der Waals surface area contributed by atoms with Crippen LogP contribution >= 0.6 is 34.3 Å². The Kier molecular flexibility index (Phi) is 6.02. The Hall–Kier alpha value is -2.82. The zero-order chi connectivity index (χ0) is 20.3. The number of aromatic nitrogens is 1. The summed E-state index contributed by atoms with van der Waals surface area (Å²) in [5.41, 5.74) is 0.698. The quantitative estimate of drug-likeness (QED) is 0.262. The van der Waals surface area contributed by atoms with Gasteiger partial charge in [0.15, 0.2) is 4.80 Å². The monoisotopic (exact) mass is 437 g/mol. The van der Waals surface area contributed by atoms with Crippen molar-refractivity contribution in [2.75, 3.05) is 7.11 Å². The van der Waals surface area contributed by atoms with Gasteiger partial charge in [0.1, 0.15) is 6.54 Å². The summed E-state index contributed by atoms with van der Waals surface area (Å²) >= 11 is 8.17. The SMILES string of the molecule is COC(=O)Cn1c(=NC(=O)C=Cc2ccc([N+](=O)[O-])s2)sc2cc(Cl)ccc21. The second kappa shape index (κ2) is 8.46. The maximum Gasteiger partial charge on any atom is 0.325 e. The van der Waals surface area contributed by atoms with E-state index in [0.717, 1.165) is 16.0 Å². The molecule has 0 saturated heterocycles. The minimum atomic E-state index is -0.563. The number of halogens is 1. The second-order valence-corrected chi connectivity index (χ2v) is 7.91. The molecule has 8 nitrogen and oxygen atoms in total. The van der Waals surface area contributed by atoms with Crippen molar-refractivity contribution in [2.24, 2.45) is 4.99 Å². The first-order valence-corrected chi connectivity index (χ1v) is 9.75. The van der Waals surface area contributed by atoms with Crippen LogP contribution in [0.4, 0.5) is 5.00 Å². The third-order valence-corrected chi connectivity index (χ3v) is 5.83. The van der Waals surface area contributed by atoms with Gasteiger partial charge in [0, 0.05) is 22.0 Å². The third-order valence-electron chi connectivity index (χ3n) is 3.55. The van der Waals surface area contributed by atoms with Crippen molar-refractivity contribution in [2.45, 2.75) is 6.54 Å². The molecular formula is C17H12ClN3O5S2. The zero-order valence-corrected chi connectivity index (χ0v) is 16.7. The molecule has 0 atom stereocenters. The van der Waals surface area contributed by atoms with E-state index >= 15 is 0 Å². The normalized spacial score (nSPS) is 12.0. The van der Waals surface area contributed by atoms with Crippen molar-refractivity contribution in [3.8, 4) is 0 Å². The number of esters is 1. The Morgan fingerprint density at radius 3 is 2.79 bits per heavy atom. The van der Waals surface area contributed by atoms with Gasteiger partial charge < -0.3 is 9.30 Å². The summed E-state index contributed by atoms with van der Waals surface area (Å²) in [5, 5.41) is 11.2. The van der Waals surface area contributed by atoms with Crippen LogP contribution in [0.25, 0.3) is 16.3 Å². The predicted molar refractivity (Wildman–Crippen MR) is 107 cm³/mol. The van der Waals surface area contributed by atoms with Crippen molar-refractivity contribution in [3.63, 3.8) is 0 Å². The Labute approximate surface area is 171 Å². The maximum absolute atomic E-state index is 12.2. The highest BCUT2D eigenvalue weighted by molar-refractivity contribution is 7.16. The van der Waals surface area contributed by atoms with Crippen LogP contribution in [-0.4, -0.2) is 28.5 Å². The lowest BCUT2D eigenvalue weighted by Crippen LogP contribution is -2.22. The number of rotatable bonds is 5. The molecule has 0 aliphatic heterocycles. The van der Waals surface area contributed by atoms with E-state index < -0.39 is 16.8 Å². The van der Waals surface area contributed by atoms with Crippen LogP contribution in [0.2, 0.25) is 5.02 Å². The highest BCUT2D eigenvalue weighted by atomic mass is 35.5. The molecule has 28 heavy (non-hydrogen) atoms. The average Bonchev–Trinajstić information content (AvgIpc) is 3.25. The van der Waals surface area contributed by atoms with Gasteiger partial charge in [-0.05, 0) is 30.3 Å². The number of nitro groups is 1. The zero-order valence-electron chi connectivity index (χ0n) is 14.3. The van der Waals surface area contributed by atoms with Crippen molar-refractivity contribution < 1.29 is 19.2 Å². The topological polar surface area (TPSA) is 104 Å². The summed E-state index contributed by atoms with van der Waals surface area (Å²) in [6.45, 7) is -0.106. The second-order valence-electron chi connectivity index (χ2n) is 5.38. The molecule has 0 radical (unpaired) electrons. The fraction of sp³-hybridized carbons (Fsp3) is 0.118. The lowest BCUT2D eigenvalue weighted by atomic mass is 10.3. The first-order chi connectivity index (χ1) is 13.4. The van der Waals surface area contributed by atoms with Gasteiger partial charge in [-0.1, -0.05) is 34.3 Å². The molecule has 2 heterocycles. The molecule has 0 aliphatic rings. The van der Waals surface area contributed by atoms with Gasteiger partial charge >= 0.3 is 11.0 Å². The average molecular weight is 438 g/mol. The lowest BCUT2D eigenvalue weighted by molar-refractivity contribution is -0.380. The largest absolute Gasteiger partial charge is 0.468 e. The van der Waals surface area contributed by atoms with E-state index in [1.54, 1.807) is 28.8 Å². The van der Waals surface area contributed by atoms with Crippen LogP contribution in [-0.2, 0) is 20.9 Å². The highest BCUT2D eigenvalue weighted by Gasteiger charge is 2.12. The number of thiazole rings is 1. The molecule has 2 aromatic heterocycles. The smallest absolute Gasteiger partial charge is 0.325 e. The molecule has 144 valence electrons. The van der Waals surface area contributed by atoms with Gasteiger partial charge in [-0.15, -0.1) is 0 Å². The number of hydrogen-bond donors (Lipinski definition) is 0. The Bertz CT molecular complexity index is 1180. The Morgan fingerprint density at radius 1 is 1.32 bits per heavy atom. The van der Waals surface area contributed by atoms with Crippen LogP contribution in [0.15, 0.2) is 41.4 Å². The van der Waals surface area contributed by atoms with Gasteiger partial charge in [-0.25, -0.2) is 0 Å². The van der Waals surface area contributed by atoms with Crippen LogP contribution in [0.3, 0.4) is 0 Å². The minimum absolute atomic E-state index is 0.0126. The number of amides is 1. The number of nitrogens with zero attached hydrogens (tertiary/aromatic N) is 3. The number of benzene rings is 1. The maximum atomic E-state index is 12.2. The molecule has 3 rings (SSSR count). The van der Waals surface area contributed by atoms with Crippen molar-refractivity contribution >= 4 is 67.4 Å². The van der Waals surface area contributed by atoms with E-state index in [1.807, 2.05) is 0 Å². The van der Waals surface area contributed by atoms with Crippen molar-refractivity contribution in [1.29, 1.82) is 0 Å². The molecule has 0 fully saturated rings. The van der Waals surface area contributed by atoms with Crippen molar-refractivity contribution in [1.82, 2.24) is 4.57 Å². The number of carbonyl (C=O) groups is 2. The van der Waals surface area contributed by atoms with E-state index in [2.05, 4.69) is 4.99 Å². The molecule has 11 heteroatoms. The van der Waals surface area contributed by atoms with Gasteiger partial charge in [-0.3, -0.25) is 19.7 Å².